The van der Waals surface area contributed by atoms with Gasteiger partial charge in [0.25, 0.3) is 0 Å². The smallest absolute Gasteiger partial charge is 0.459 e. The first-order valence-corrected chi connectivity index (χ1v) is 17.9. The van der Waals surface area contributed by atoms with E-state index < -0.39 is 24.4 Å². The summed E-state index contributed by atoms with van der Waals surface area (Å²) in [4.78, 5) is 50.0. The number of urea groups is 1. The second kappa shape index (κ2) is 16.4. The predicted molar refractivity (Wildman–Crippen MR) is 198 cm³/mol. The number of hydrogen-bond acceptors (Lipinski definition) is 8. The second-order valence-corrected chi connectivity index (χ2v) is 13.6. The Kier molecular flexibility index (Phi) is 11.5. The Morgan fingerprint density at radius 1 is 0.944 bits per heavy atom. The maximum atomic E-state index is 13.5. The highest BCUT2D eigenvalue weighted by atomic mass is 32.2. The molecule has 1 unspecified atom stereocenters. The number of amidine groups is 1. The molecule has 0 bridgehead atoms. The van der Waals surface area contributed by atoms with Crippen LogP contribution in [0.5, 0.6) is 5.75 Å². The van der Waals surface area contributed by atoms with Crippen molar-refractivity contribution in [3.63, 3.8) is 0 Å². The number of aryl methyl sites for hydroxylation is 1. The molecule has 3 amide bonds. The first-order valence-electron chi connectivity index (χ1n) is 16.9. The van der Waals surface area contributed by atoms with Crippen LogP contribution in [0, 0.1) is 6.92 Å². The normalized spacial score (nSPS) is 14.4. The Balaban J connectivity index is 1.19. The van der Waals surface area contributed by atoms with Crippen LogP contribution in [-0.4, -0.2) is 56.0 Å². The molecule has 0 spiro atoms. The van der Waals surface area contributed by atoms with Gasteiger partial charge < -0.3 is 14.8 Å². The Labute approximate surface area is 313 Å². The molecule has 1 fully saturated rings. The van der Waals surface area contributed by atoms with E-state index >= 15 is 0 Å². The quantitative estimate of drug-likeness (QED) is 0.136. The molecule has 0 aliphatic carbocycles. The third-order valence-electron chi connectivity index (χ3n) is 8.37. The molecular formula is C39H35F3N6O5S. The number of alkyl halides is 3. The fourth-order valence-electron chi connectivity index (χ4n) is 5.93. The van der Waals surface area contributed by atoms with Gasteiger partial charge in [0, 0.05) is 12.0 Å². The van der Waals surface area contributed by atoms with Crippen LogP contribution in [-0.2, 0) is 27.4 Å². The number of carbonyl (C=O) groups is 3. The highest BCUT2D eigenvalue weighted by Crippen LogP contribution is 2.35. The number of rotatable bonds is 11. The van der Waals surface area contributed by atoms with Crippen LogP contribution in [0.1, 0.15) is 42.0 Å². The van der Waals surface area contributed by atoms with Gasteiger partial charge in [-0.3, -0.25) is 9.69 Å². The van der Waals surface area contributed by atoms with Crippen LogP contribution < -0.4 is 15.0 Å². The fourth-order valence-corrected chi connectivity index (χ4v) is 6.79. The van der Waals surface area contributed by atoms with E-state index in [1.54, 1.807) is 24.3 Å². The van der Waals surface area contributed by atoms with E-state index in [1.165, 1.54) is 40.2 Å². The number of carbonyl (C=O) groups excluding carboxylic acids is 3. The number of anilines is 1. The maximum absolute atomic E-state index is 13.5. The number of halogens is 3. The van der Waals surface area contributed by atoms with E-state index in [4.69, 9.17) is 4.74 Å². The Hall–Kier alpha value is -5.96. The molecule has 15 heteroatoms. The summed E-state index contributed by atoms with van der Waals surface area (Å²) in [5.74, 6) is -0.656. The minimum atomic E-state index is -4.80. The lowest BCUT2D eigenvalue weighted by molar-refractivity contribution is -0.274. The molecule has 2 heterocycles. The van der Waals surface area contributed by atoms with Crippen LogP contribution >= 0.6 is 11.8 Å². The number of amides is 3. The van der Waals surface area contributed by atoms with E-state index in [-0.39, 0.29) is 41.5 Å². The number of benzene rings is 4. The van der Waals surface area contributed by atoms with Gasteiger partial charge in [-0.1, -0.05) is 92.3 Å². The number of thioether (sulfide) groups is 1. The molecule has 1 atom stereocenters. The van der Waals surface area contributed by atoms with Crippen molar-refractivity contribution in [2.75, 3.05) is 10.7 Å². The second-order valence-electron chi connectivity index (χ2n) is 12.6. The van der Waals surface area contributed by atoms with Crippen molar-refractivity contribution in [3.8, 4) is 22.8 Å². The van der Waals surface area contributed by atoms with Crippen LogP contribution in [0.25, 0.3) is 17.1 Å². The fraction of sp³-hybridized carbons (Fsp3) is 0.231. The van der Waals surface area contributed by atoms with Gasteiger partial charge in [-0.25, -0.2) is 19.3 Å². The predicted octanol–water partition coefficient (Wildman–Crippen LogP) is 7.76. The zero-order valence-corrected chi connectivity index (χ0v) is 30.2. The van der Waals surface area contributed by atoms with Gasteiger partial charge in [-0.05, 0) is 65.4 Å². The van der Waals surface area contributed by atoms with Crippen molar-refractivity contribution in [2.24, 2.45) is 4.99 Å². The summed E-state index contributed by atoms with van der Waals surface area (Å²) in [7, 11) is 0. The lowest BCUT2D eigenvalue weighted by atomic mass is 9.95. The van der Waals surface area contributed by atoms with Crippen LogP contribution in [0.2, 0.25) is 0 Å². The summed E-state index contributed by atoms with van der Waals surface area (Å²) < 4.78 is 48.5. The number of nitrogens with one attached hydrogen (secondary N) is 1. The highest BCUT2D eigenvalue weighted by Gasteiger charge is 2.34. The van der Waals surface area contributed by atoms with E-state index in [2.05, 4.69) is 25.1 Å². The van der Waals surface area contributed by atoms with Gasteiger partial charge in [0.2, 0.25) is 5.91 Å². The molecule has 11 nitrogen and oxygen atoms in total. The van der Waals surface area contributed by atoms with Gasteiger partial charge >= 0.3 is 18.4 Å². The van der Waals surface area contributed by atoms with E-state index in [0.29, 0.717) is 28.3 Å². The monoisotopic (exact) mass is 756 g/mol. The van der Waals surface area contributed by atoms with Gasteiger partial charge in [-0.15, -0.1) is 18.3 Å². The van der Waals surface area contributed by atoms with Crippen molar-refractivity contribution >= 4 is 40.5 Å². The summed E-state index contributed by atoms with van der Waals surface area (Å²) in [5, 5.41) is 7.34. The summed E-state index contributed by atoms with van der Waals surface area (Å²) in [6, 6.07) is 25.1. The largest absolute Gasteiger partial charge is 0.573 e. The highest BCUT2D eigenvalue weighted by molar-refractivity contribution is 8.15. The Morgan fingerprint density at radius 3 is 2.35 bits per heavy atom. The van der Waals surface area contributed by atoms with E-state index in [0.717, 1.165) is 28.5 Å². The van der Waals surface area contributed by atoms with Crippen LogP contribution in [0.3, 0.4) is 0 Å². The van der Waals surface area contributed by atoms with Crippen molar-refractivity contribution in [3.05, 3.63) is 126 Å². The SMILES string of the molecule is Cc1cccc(N2C(=O)CS/C2=N\C(=O)NC(Cc2ccc(-c3ncn(-c4ccc(OC(F)(F)F)cc4)n3)cc2)C(=O)OCc2ccccc2)c1C(C)C. The Morgan fingerprint density at radius 2 is 1.67 bits per heavy atom. The number of nitrogens with zero attached hydrogens (tertiary/aromatic N) is 5. The molecule has 1 aliphatic heterocycles. The molecule has 1 aromatic heterocycles. The summed E-state index contributed by atoms with van der Waals surface area (Å²) in [6.07, 6.45) is -3.31. The van der Waals surface area contributed by atoms with Gasteiger partial charge in [0.05, 0.1) is 17.1 Å². The number of hydrogen-bond donors (Lipinski definition) is 1. The van der Waals surface area contributed by atoms with E-state index in [1.807, 2.05) is 69.3 Å². The lowest BCUT2D eigenvalue weighted by Crippen LogP contribution is -2.43. The molecule has 1 saturated heterocycles. The minimum Gasteiger partial charge on any atom is -0.459 e. The molecule has 5 aromatic rings. The van der Waals surface area contributed by atoms with E-state index in [9.17, 15) is 27.6 Å². The minimum absolute atomic E-state index is 0.00459. The number of esters is 1. The van der Waals surface area contributed by atoms with Gasteiger partial charge in [0.15, 0.2) is 11.0 Å². The van der Waals surface area contributed by atoms with Gasteiger partial charge in [0.1, 0.15) is 24.7 Å². The van der Waals surface area contributed by atoms with Crippen molar-refractivity contribution in [2.45, 2.75) is 52.1 Å². The maximum Gasteiger partial charge on any atom is 0.573 e. The molecule has 6 rings (SSSR count). The van der Waals surface area contributed by atoms with Crippen molar-refractivity contribution < 1.29 is 37.0 Å². The molecular weight excluding hydrogens is 722 g/mol. The number of ether oxygens (including phenoxy) is 2. The lowest BCUT2D eigenvalue weighted by Gasteiger charge is -2.23. The summed E-state index contributed by atoms with van der Waals surface area (Å²) >= 11 is 1.15. The first kappa shape index (κ1) is 37.8. The van der Waals surface area contributed by atoms with Crippen LogP contribution in [0.15, 0.2) is 108 Å². The standard InChI is InChI=1S/C39H35F3N6O5S/c1-24(2)34-25(3)8-7-11-32(34)48-33(49)22-54-38(48)45-37(51)44-31(36(50)52-21-27-9-5-4-6-10-27)20-26-12-14-28(15-13-26)35-43-23-47(46-35)29-16-18-30(19-17-29)53-39(40,41)42/h4-19,23-24,31H,20-22H2,1-3H3,(H,44,51)/b45-38-. The zero-order chi connectivity index (χ0) is 38.4. The van der Waals surface area contributed by atoms with Crippen LogP contribution in [0.4, 0.5) is 23.7 Å². The average molecular weight is 757 g/mol. The summed E-state index contributed by atoms with van der Waals surface area (Å²) in [5.41, 5.74) is 5.21. The van der Waals surface area contributed by atoms with Crippen molar-refractivity contribution in [1.82, 2.24) is 20.1 Å². The van der Waals surface area contributed by atoms with Crippen molar-refractivity contribution in [1.29, 1.82) is 0 Å². The summed E-state index contributed by atoms with van der Waals surface area (Å²) in [6.45, 7) is 6.04. The van der Waals surface area contributed by atoms with Gasteiger partial charge in [-0.2, -0.15) is 4.99 Å². The number of aliphatic imine (C=N–C) groups is 1. The number of aromatic nitrogens is 3. The molecule has 4 aromatic carbocycles. The molecule has 0 saturated carbocycles. The first-order chi connectivity index (χ1) is 25.8. The Bertz CT molecular complexity index is 2160. The topological polar surface area (TPSA) is 128 Å². The molecule has 1 aliphatic rings. The molecule has 1 N–H and O–H groups in total. The molecule has 0 radical (unpaired) electrons. The average Bonchev–Trinajstić information content (AvgIpc) is 3.77. The third-order valence-corrected chi connectivity index (χ3v) is 9.29. The molecule has 54 heavy (non-hydrogen) atoms. The molecule has 278 valence electrons. The third kappa shape index (κ3) is 9.33. The zero-order valence-electron chi connectivity index (χ0n) is 29.4.